The maximum Gasteiger partial charge on any atom is 0.181 e. The highest BCUT2D eigenvalue weighted by atomic mass is 35.5. The zero-order valence-corrected chi connectivity index (χ0v) is 34.4. The topological polar surface area (TPSA) is 102 Å². The Morgan fingerprint density at radius 3 is 1.52 bits per heavy atom. The normalized spacial score (nSPS) is 16.3. The molecule has 0 saturated heterocycles. The minimum Gasteiger partial charge on any atom is -0.298 e. The van der Waals surface area contributed by atoms with Gasteiger partial charge in [-0.05, 0) is 93.4 Å². The van der Waals surface area contributed by atoms with Crippen molar-refractivity contribution in [2.24, 2.45) is 23.7 Å². The third kappa shape index (κ3) is 12.9. The lowest BCUT2D eigenvalue weighted by Gasteiger charge is -2.08. The van der Waals surface area contributed by atoms with E-state index in [4.69, 9.17) is 34.8 Å². The first-order chi connectivity index (χ1) is 24.3. The molecule has 1 aromatic rings. The smallest absolute Gasteiger partial charge is 0.181 e. The van der Waals surface area contributed by atoms with Gasteiger partial charge in [-0.3, -0.25) is 28.8 Å². The van der Waals surface area contributed by atoms with Crippen molar-refractivity contribution in [1.29, 1.82) is 0 Å². The lowest BCUT2D eigenvalue weighted by molar-refractivity contribution is -0.121. The average molecular weight is 772 g/mol. The molecule has 9 heteroatoms. The van der Waals surface area contributed by atoms with E-state index in [2.05, 4.69) is 47.3 Å². The Hall–Kier alpha value is -3.45. The maximum atomic E-state index is 12.5. The van der Waals surface area contributed by atoms with E-state index >= 15 is 0 Å². The molecule has 282 valence electrons. The standard InChI is InChI=1S/C19H16O6.C14H23Cl.C10H14Cl2/c1-3-5-13(21)15-18(24)10-6-8-9(7-11(10)19(15)25)17(23)14(16(8)22)12(20)4-2;1-7-12(5)14(15)9-11(4)8-13(6)10(2)3;1-4-5-10(12)7-8(2)6-9(3)11/h6-7,14-15H,3-5H2,1-2H3;8-10,12H,6-7H2,1-5H3;5-7H,4H2,1-3H3/b;11-8-,14-9+;8-7-,9-6+,10-5-. The number of hydrogen-bond donors (Lipinski definition) is 0. The van der Waals surface area contributed by atoms with E-state index in [0.717, 1.165) is 39.1 Å². The molecule has 0 amide bonds. The molecule has 1 unspecified atom stereocenters. The number of benzene rings is 1. The van der Waals surface area contributed by atoms with Crippen LogP contribution in [-0.2, 0) is 9.59 Å². The molecule has 0 radical (unpaired) electrons. The molecule has 0 heterocycles. The predicted octanol–water partition coefficient (Wildman–Crippen LogP) is 11.9. The maximum absolute atomic E-state index is 12.5. The van der Waals surface area contributed by atoms with Gasteiger partial charge in [0.2, 0.25) is 0 Å². The first kappa shape index (κ1) is 46.6. The van der Waals surface area contributed by atoms with Crippen LogP contribution in [0, 0.1) is 23.7 Å². The number of allylic oxidation sites excluding steroid dienone is 11. The van der Waals surface area contributed by atoms with Crippen molar-refractivity contribution >= 4 is 69.5 Å². The Morgan fingerprint density at radius 2 is 1.15 bits per heavy atom. The van der Waals surface area contributed by atoms with Crippen molar-refractivity contribution in [3.8, 4) is 0 Å². The van der Waals surface area contributed by atoms with Gasteiger partial charge in [-0.15, -0.1) is 0 Å². The summed E-state index contributed by atoms with van der Waals surface area (Å²) >= 11 is 17.7. The highest BCUT2D eigenvalue weighted by Gasteiger charge is 2.48. The summed E-state index contributed by atoms with van der Waals surface area (Å²) < 4.78 is 0. The van der Waals surface area contributed by atoms with Crippen LogP contribution in [0.15, 0.2) is 80.9 Å². The van der Waals surface area contributed by atoms with Crippen LogP contribution in [0.3, 0.4) is 0 Å². The summed E-state index contributed by atoms with van der Waals surface area (Å²) in [5.74, 6) is -5.31. The van der Waals surface area contributed by atoms with Gasteiger partial charge >= 0.3 is 0 Å². The molecular formula is C43H53Cl3O6. The van der Waals surface area contributed by atoms with Gasteiger partial charge in [0.05, 0.1) is 0 Å². The van der Waals surface area contributed by atoms with E-state index in [0.29, 0.717) is 18.3 Å². The minimum atomic E-state index is -1.38. The van der Waals surface area contributed by atoms with Gasteiger partial charge in [0.1, 0.15) is 11.8 Å². The highest BCUT2D eigenvalue weighted by Crippen LogP contribution is 2.36. The molecule has 0 spiro atoms. The number of carbonyl (C=O) groups is 6. The van der Waals surface area contributed by atoms with E-state index in [1.807, 2.05) is 45.1 Å². The molecular weight excluding hydrogens is 719 g/mol. The van der Waals surface area contributed by atoms with Crippen molar-refractivity contribution < 1.29 is 28.8 Å². The molecule has 2 aliphatic carbocycles. The summed E-state index contributed by atoms with van der Waals surface area (Å²) in [4.78, 5) is 73.7. The lowest BCUT2D eigenvalue weighted by atomic mass is 9.95. The molecule has 0 bridgehead atoms. The van der Waals surface area contributed by atoms with Crippen LogP contribution in [0.5, 0.6) is 0 Å². The van der Waals surface area contributed by atoms with E-state index in [9.17, 15) is 28.8 Å². The third-order valence-corrected chi connectivity index (χ3v) is 9.41. The van der Waals surface area contributed by atoms with Crippen molar-refractivity contribution in [1.82, 2.24) is 0 Å². The Balaban J connectivity index is 0.000000430. The van der Waals surface area contributed by atoms with Crippen molar-refractivity contribution in [2.45, 2.75) is 101 Å². The summed E-state index contributed by atoms with van der Waals surface area (Å²) in [6, 6.07) is 2.40. The number of rotatable bonds is 13. The minimum absolute atomic E-state index is 0.0102. The van der Waals surface area contributed by atoms with Crippen LogP contribution in [-0.4, -0.2) is 34.7 Å². The fraction of sp³-hybridized carbons (Fsp3) is 0.442. The Morgan fingerprint density at radius 1 is 0.712 bits per heavy atom. The van der Waals surface area contributed by atoms with Gasteiger partial charge in [0, 0.05) is 50.2 Å². The molecule has 0 aromatic heterocycles. The van der Waals surface area contributed by atoms with Gasteiger partial charge in [0.25, 0.3) is 0 Å². The van der Waals surface area contributed by atoms with Crippen LogP contribution in [0.2, 0.25) is 0 Å². The van der Waals surface area contributed by atoms with Crippen LogP contribution in [0.1, 0.15) is 143 Å². The summed E-state index contributed by atoms with van der Waals surface area (Å²) in [5, 5.41) is 2.47. The second kappa shape index (κ2) is 21.9. The van der Waals surface area contributed by atoms with Gasteiger partial charge in [-0.25, -0.2) is 0 Å². The molecule has 6 nitrogen and oxygen atoms in total. The zero-order chi connectivity index (χ0) is 40.0. The molecule has 3 rings (SSSR count). The van der Waals surface area contributed by atoms with Gasteiger partial charge in [-0.1, -0.05) is 108 Å². The number of Topliss-reactive ketones (excluding diaryl/α,β-unsaturated/α-hetero) is 6. The fourth-order valence-electron chi connectivity index (χ4n) is 5.34. The molecule has 2 aliphatic rings. The number of hydrogen-bond acceptors (Lipinski definition) is 6. The number of halogens is 3. The van der Waals surface area contributed by atoms with Crippen LogP contribution in [0.4, 0.5) is 0 Å². The molecule has 0 saturated carbocycles. The van der Waals surface area contributed by atoms with Crippen LogP contribution in [0.25, 0.3) is 0 Å². The quantitative estimate of drug-likeness (QED) is 0.146. The SMILES string of the molecule is C=C(/C=C(C)\C=C(\Cl)C(C)CC)C(C)C.CC/C=C(Cl)/C=C(C)\C=C(/C)Cl.CCCC(=O)C1C(=O)c2cc3c(cc2C1=O)C(=O)C(C(=O)CC)C3=O. The molecule has 52 heavy (non-hydrogen) atoms. The summed E-state index contributed by atoms with van der Waals surface area (Å²) in [6.45, 7) is 23.9. The second-order valence-electron chi connectivity index (χ2n) is 13.4. The summed E-state index contributed by atoms with van der Waals surface area (Å²) in [5.41, 5.74) is 3.35. The van der Waals surface area contributed by atoms with Gasteiger partial charge in [0.15, 0.2) is 34.7 Å². The van der Waals surface area contributed by atoms with Crippen molar-refractivity contribution in [3.05, 3.63) is 103 Å². The first-order valence-corrected chi connectivity index (χ1v) is 18.9. The van der Waals surface area contributed by atoms with Gasteiger partial charge < -0.3 is 0 Å². The first-order valence-electron chi connectivity index (χ1n) is 17.8. The molecule has 0 fully saturated rings. The number of ketones is 6. The van der Waals surface area contributed by atoms with E-state index in [1.54, 1.807) is 13.8 Å². The highest BCUT2D eigenvalue weighted by molar-refractivity contribution is 6.40. The van der Waals surface area contributed by atoms with E-state index < -0.39 is 46.5 Å². The van der Waals surface area contributed by atoms with Crippen molar-refractivity contribution in [3.63, 3.8) is 0 Å². The largest absolute Gasteiger partial charge is 0.298 e. The zero-order valence-electron chi connectivity index (χ0n) is 32.2. The third-order valence-electron chi connectivity index (χ3n) is 8.55. The fourth-order valence-corrected chi connectivity index (χ4v) is 6.16. The Kier molecular flexibility index (Phi) is 19.6. The Bertz CT molecular complexity index is 1680. The van der Waals surface area contributed by atoms with Crippen LogP contribution < -0.4 is 0 Å². The van der Waals surface area contributed by atoms with Crippen LogP contribution >= 0.6 is 34.8 Å². The summed E-state index contributed by atoms with van der Waals surface area (Å²) in [7, 11) is 0. The molecule has 1 atom stereocenters. The predicted molar refractivity (Wildman–Crippen MR) is 215 cm³/mol. The van der Waals surface area contributed by atoms with Crippen molar-refractivity contribution in [2.75, 3.05) is 0 Å². The average Bonchev–Trinajstić information content (AvgIpc) is 3.46. The second-order valence-corrected chi connectivity index (χ2v) is 14.8. The molecule has 0 aliphatic heterocycles. The molecule has 0 N–H and O–H groups in total. The van der Waals surface area contributed by atoms with E-state index in [1.165, 1.54) is 17.7 Å². The Labute approximate surface area is 325 Å². The van der Waals surface area contributed by atoms with E-state index in [-0.39, 0.29) is 35.1 Å². The lowest BCUT2D eigenvalue weighted by Crippen LogP contribution is -2.25. The number of fused-ring (bicyclic) bond motifs is 2. The monoisotopic (exact) mass is 770 g/mol. The molecule has 1 aromatic carbocycles. The summed E-state index contributed by atoms with van der Waals surface area (Å²) in [6.07, 6.45) is 12.6. The number of carbonyl (C=O) groups excluding carboxylic acids is 6. The van der Waals surface area contributed by atoms with Gasteiger partial charge in [-0.2, -0.15) is 0 Å².